The molecule has 2 nitrogen and oxygen atoms in total. The van der Waals surface area contributed by atoms with Gasteiger partial charge in [-0.15, -0.1) is 68.3 Å². The minimum absolute atomic E-state index is 0. The zero-order valence-electron chi connectivity index (χ0n) is 50.0. The summed E-state index contributed by atoms with van der Waals surface area (Å²) in [6.45, 7) is 12.4. The third kappa shape index (κ3) is 30.2. The van der Waals surface area contributed by atoms with Crippen LogP contribution in [-0.2, 0) is 249 Å². The summed E-state index contributed by atoms with van der Waals surface area (Å²) in [6.07, 6.45) is 14.1. The Labute approximate surface area is 651 Å². The predicted molar refractivity (Wildman–Crippen MR) is 487 cm³/mol. The first-order valence-electron chi connectivity index (χ1n) is 27.6. The summed E-state index contributed by atoms with van der Waals surface area (Å²) in [6, 6.07) is 67.7. The summed E-state index contributed by atoms with van der Waals surface area (Å²) in [5, 5.41) is 8.63. The number of allylic oxidation sites excluding steroid dienone is 2. The van der Waals surface area contributed by atoms with Crippen molar-refractivity contribution < 1.29 is 28.3 Å². The molecule has 0 saturated carbocycles. The van der Waals surface area contributed by atoms with Gasteiger partial charge < -0.3 is 16.4 Å². The van der Waals surface area contributed by atoms with Gasteiger partial charge in [0.05, 0.1) is 21.3 Å². The second-order valence-electron chi connectivity index (χ2n) is 19.4. The number of para-hydroxylation sites is 2. The van der Waals surface area contributed by atoms with E-state index in [-0.39, 0.29) is 26.3 Å². The maximum atomic E-state index is 6.05. The summed E-state index contributed by atoms with van der Waals surface area (Å²) in [5.74, 6) is 1.93. The molecule has 2 unspecified atom stereocenters. The van der Waals surface area contributed by atoms with Crippen molar-refractivity contribution in [2.75, 3.05) is 13.2 Å². The Bertz CT molecular complexity index is 4610. The average molecular weight is 1760 g/mol. The van der Waals surface area contributed by atoms with E-state index in [0.29, 0.717) is 11.1 Å². The van der Waals surface area contributed by atoms with Crippen LogP contribution in [0.25, 0.3) is 33.7 Å². The molecule has 2 aliphatic carbocycles. The van der Waals surface area contributed by atoms with Crippen LogP contribution in [0.2, 0.25) is 25.2 Å². The number of hydrogen-bond acceptors (Lipinski definition) is 6. The molecule has 2 atom stereocenters. The van der Waals surface area contributed by atoms with Crippen molar-refractivity contribution >= 4 is 309 Å². The van der Waals surface area contributed by atoms with Gasteiger partial charge in [-0.1, -0.05) is 167 Å². The van der Waals surface area contributed by atoms with Crippen LogP contribution in [0.15, 0.2) is 194 Å². The van der Waals surface area contributed by atoms with E-state index in [0.717, 1.165) is 44.0 Å². The first-order chi connectivity index (χ1) is 44.8. The van der Waals surface area contributed by atoms with Gasteiger partial charge in [0.25, 0.3) is 0 Å². The van der Waals surface area contributed by atoms with Crippen molar-refractivity contribution in [3.63, 3.8) is 0 Å². The van der Waals surface area contributed by atoms with Gasteiger partial charge in [-0.3, -0.25) is 0 Å². The van der Waals surface area contributed by atoms with Gasteiger partial charge in [0.1, 0.15) is 11.5 Å². The number of benzene rings is 6. The summed E-state index contributed by atoms with van der Waals surface area (Å²) in [5.41, 5.74) is 6.94. The number of rotatable bonds is 15. The van der Waals surface area contributed by atoms with E-state index < -0.39 is 16.1 Å². The first-order valence-corrected chi connectivity index (χ1v) is 66.5. The summed E-state index contributed by atoms with van der Waals surface area (Å²) in [7, 11) is 34.3. The third-order valence-electron chi connectivity index (χ3n) is 14.2. The van der Waals surface area contributed by atoms with Gasteiger partial charge in [0.15, 0.2) is 0 Å². The molecule has 10 rings (SSSR count). The first kappa shape index (κ1) is 86.0. The largest absolute Gasteiger partial charge is 1.00 e. The maximum Gasteiger partial charge on any atom is 1.00 e. The van der Waals surface area contributed by atoms with E-state index in [4.69, 9.17) is 54.2 Å². The Morgan fingerprint density at radius 1 is 0.419 bits per heavy atom. The molecule has 0 radical (unpaired) electrons. The molecule has 8 aromatic carbocycles. The minimum Gasteiger partial charge on any atom is -0.494 e. The van der Waals surface area contributed by atoms with E-state index in [1.165, 1.54) is 97.8 Å². The zero-order valence-corrected chi connectivity index (χ0v) is 74.0. The maximum absolute atomic E-state index is 6.05. The van der Waals surface area contributed by atoms with Crippen LogP contribution in [0, 0.1) is 6.92 Å². The van der Waals surface area contributed by atoms with Gasteiger partial charge in [-0.2, -0.15) is 30.7 Å². The Hall–Kier alpha value is 0.591. The van der Waals surface area contributed by atoms with Crippen molar-refractivity contribution in [2.24, 2.45) is 0 Å². The van der Waals surface area contributed by atoms with Crippen LogP contribution in [0.4, 0.5) is 0 Å². The fourth-order valence-corrected chi connectivity index (χ4v) is 71.6. The molecule has 496 valence electrons. The molecule has 0 heterocycles. The minimum atomic E-state index is -1.94. The Kier molecular flexibility index (Phi) is 48.6. The molecule has 0 amide bonds. The Morgan fingerprint density at radius 2 is 0.731 bits per heavy atom. The van der Waals surface area contributed by atoms with Crippen molar-refractivity contribution in [1.29, 1.82) is 0 Å². The van der Waals surface area contributed by atoms with Crippen molar-refractivity contribution in [3.8, 4) is 11.5 Å². The number of hydrogen-bond donors (Lipinski definition) is 0. The van der Waals surface area contributed by atoms with E-state index in [9.17, 15) is 0 Å². The molecular weight excluding hydrogens is 1690 g/mol. The quantitative estimate of drug-likeness (QED) is 0.0574. The van der Waals surface area contributed by atoms with Gasteiger partial charge in [0.2, 0.25) is 0 Å². The molecule has 0 aromatic heterocycles. The Morgan fingerprint density at radius 3 is 1.09 bits per heavy atom. The summed E-state index contributed by atoms with van der Waals surface area (Å²) >= 11 is 18.8. The van der Waals surface area contributed by atoms with Gasteiger partial charge in [-0.05, 0) is 70.4 Å². The smallest absolute Gasteiger partial charge is 0.494 e. The zero-order chi connectivity index (χ0) is 64.5. The second-order valence-corrected chi connectivity index (χ2v) is 69.1. The molecule has 0 aliphatic heterocycles. The molecule has 2 aliphatic rings. The van der Waals surface area contributed by atoms with E-state index in [1.807, 2.05) is 60.7 Å². The summed E-state index contributed by atoms with van der Waals surface area (Å²) in [4.78, 5) is 0. The molecule has 0 spiro atoms. The molecule has 0 fully saturated rings. The number of ether oxygens (including phenoxy) is 2. The van der Waals surface area contributed by atoms with Crippen LogP contribution in [0.3, 0.4) is 0 Å². The topological polar surface area (TPSA) is 18.5 Å². The average Bonchev–Trinajstić information content (AvgIpc) is 1.64. The van der Waals surface area contributed by atoms with E-state index in [2.05, 4.69) is 173 Å². The molecule has 0 saturated heterocycles. The van der Waals surface area contributed by atoms with Crippen LogP contribution in [0.1, 0.15) is 73.4 Å². The second kappa shape index (κ2) is 52.5. The van der Waals surface area contributed by atoms with Crippen LogP contribution >= 0.6 is 0 Å². The van der Waals surface area contributed by atoms with Crippen LogP contribution in [0.5, 0.6) is 11.5 Å². The van der Waals surface area contributed by atoms with Gasteiger partial charge >= 0.3 is 18.9 Å². The molecule has 32 heteroatoms. The van der Waals surface area contributed by atoms with Crippen molar-refractivity contribution in [2.45, 2.75) is 76.3 Å². The van der Waals surface area contributed by atoms with E-state index in [1.54, 1.807) is 179 Å². The molecule has 93 heavy (non-hydrogen) atoms. The standard InChI is InChI=1S/C28H28OSi.C28H26OSi.C4H9.CH4.Li.S14.S13/c2*1-30(21-9-20-29-24-12-3-2-4-13-24,27-18-16-22-10-5-7-14-25(22)27)28-19-17-23-11-6-8-15-26(23)28;1-3-4-2;;;1-3-5-7-9-11-13-14-12-10-8-6-4-2;1-3-5-7-9-11-13-12-10-8-6-4-2/h2-8,10-19,27-28H,9,20-21H2,1H3;2-8,10-19H,9,20-21H2,1H3;1,3-4H2,2H3;1H4;;;/q;-2;-1;;+1;;. The molecule has 0 bridgehead atoms. The number of fused-ring (bicyclic) bond motifs is 4. The summed E-state index contributed by atoms with van der Waals surface area (Å²) < 4.78 is 12.1. The fraction of sp³-hybridized carbons (Fsp3) is 0.230. The fourth-order valence-electron chi connectivity index (χ4n) is 10.3. The SMILES string of the molecule is C.C[Si](CCCOc1ccccc1)(C1C=Cc2ccccc21)C1C=Cc2ccccc21.C[Si](CCCOc1ccccc1)([c-]1ccc2ccccc21)[c-]1ccc2ccccc21.S=S=S=S=S=S=S=S=S=S=S=S=S.S=S=S=S=S=S=S=S=S=S=S=S=S=S.[CH2-]CCC.[Li+]. The Balaban J connectivity index is 0.000000274. The van der Waals surface area contributed by atoms with Gasteiger partial charge in [-0.25, -0.2) is 0 Å². The molecule has 8 aromatic rings. The monoisotopic (exact) mass is 1760 g/mol. The molecular formula is C61H67LiO2S27Si2-2. The van der Waals surface area contributed by atoms with E-state index >= 15 is 0 Å². The van der Waals surface area contributed by atoms with Crippen LogP contribution < -0.4 is 38.7 Å². The predicted octanol–water partition coefficient (Wildman–Crippen LogP) is 12.5. The van der Waals surface area contributed by atoms with Gasteiger partial charge in [0, 0.05) is 257 Å². The normalized spacial score (nSPS) is 12.9. The third-order valence-corrected chi connectivity index (χ3v) is 70.8. The number of unbranched alkanes of at least 4 members (excludes halogenated alkanes) is 1. The molecule has 0 N–H and O–H groups in total. The van der Waals surface area contributed by atoms with Crippen LogP contribution in [-0.4, -0.2) is 29.4 Å². The van der Waals surface area contributed by atoms with Crippen molar-refractivity contribution in [1.82, 2.24) is 0 Å². The van der Waals surface area contributed by atoms with Crippen molar-refractivity contribution in [3.05, 3.63) is 223 Å².